The van der Waals surface area contributed by atoms with Crippen molar-refractivity contribution in [2.24, 2.45) is 5.92 Å². The third-order valence-electron chi connectivity index (χ3n) is 6.82. The van der Waals surface area contributed by atoms with E-state index in [4.69, 9.17) is 4.74 Å². The standard InChI is InChI=1S/C28H37F3O/c1-3-5-6-7-8-9-20-10-12-21(13-11-20)23-15-16-24(28(31)27(23)30)22-14-17-26(25(29)19-22)32-18-4-2/h14-17,19-21H,3-13,18H2,1-2H3. The lowest BCUT2D eigenvalue weighted by atomic mass is 9.76. The Bertz CT molecular complexity index is 856. The van der Waals surface area contributed by atoms with Crippen molar-refractivity contribution in [1.82, 2.24) is 0 Å². The first-order valence-corrected chi connectivity index (χ1v) is 12.5. The molecule has 1 aliphatic carbocycles. The van der Waals surface area contributed by atoms with E-state index in [1.807, 2.05) is 6.92 Å². The monoisotopic (exact) mass is 446 g/mol. The minimum atomic E-state index is -0.887. The third-order valence-corrected chi connectivity index (χ3v) is 6.82. The zero-order chi connectivity index (χ0) is 22.9. The Labute approximate surface area is 191 Å². The van der Waals surface area contributed by atoms with Gasteiger partial charge in [0.05, 0.1) is 6.61 Å². The van der Waals surface area contributed by atoms with E-state index >= 15 is 4.39 Å². The van der Waals surface area contributed by atoms with E-state index in [-0.39, 0.29) is 17.2 Å². The van der Waals surface area contributed by atoms with Crippen LogP contribution in [-0.2, 0) is 0 Å². The van der Waals surface area contributed by atoms with Crippen LogP contribution in [0.5, 0.6) is 5.75 Å². The van der Waals surface area contributed by atoms with Gasteiger partial charge in [0.25, 0.3) is 0 Å². The number of ether oxygens (including phenoxy) is 1. The highest BCUT2D eigenvalue weighted by Crippen LogP contribution is 2.40. The average molecular weight is 447 g/mol. The van der Waals surface area contributed by atoms with Crippen molar-refractivity contribution in [1.29, 1.82) is 0 Å². The Hall–Kier alpha value is -1.97. The summed E-state index contributed by atoms with van der Waals surface area (Å²) in [5, 5.41) is 0. The van der Waals surface area contributed by atoms with Crippen LogP contribution in [0.4, 0.5) is 13.2 Å². The van der Waals surface area contributed by atoms with Crippen molar-refractivity contribution in [3.63, 3.8) is 0 Å². The van der Waals surface area contributed by atoms with Gasteiger partial charge in [-0.15, -0.1) is 0 Å². The van der Waals surface area contributed by atoms with Gasteiger partial charge in [0, 0.05) is 5.56 Å². The van der Waals surface area contributed by atoms with Crippen molar-refractivity contribution >= 4 is 0 Å². The molecule has 0 atom stereocenters. The van der Waals surface area contributed by atoms with E-state index < -0.39 is 17.5 Å². The fraction of sp³-hybridized carbons (Fsp3) is 0.571. The van der Waals surface area contributed by atoms with Gasteiger partial charge in [0.1, 0.15) is 0 Å². The second-order valence-corrected chi connectivity index (χ2v) is 9.24. The Kier molecular flexibility index (Phi) is 9.50. The normalized spacial score (nSPS) is 18.7. The number of hydrogen-bond acceptors (Lipinski definition) is 1. The lowest BCUT2D eigenvalue weighted by Crippen LogP contribution is -2.15. The molecule has 0 radical (unpaired) electrons. The molecule has 176 valence electrons. The molecule has 0 aromatic heterocycles. The Balaban J connectivity index is 1.62. The molecule has 0 N–H and O–H groups in total. The van der Waals surface area contributed by atoms with Gasteiger partial charge in [-0.25, -0.2) is 13.2 Å². The minimum Gasteiger partial charge on any atom is -0.491 e. The van der Waals surface area contributed by atoms with Crippen LogP contribution in [0, 0.1) is 23.4 Å². The molecule has 32 heavy (non-hydrogen) atoms. The summed E-state index contributed by atoms with van der Waals surface area (Å²) < 4.78 is 49.6. The van der Waals surface area contributed by atoms with E-state index in [0.29, 0.717) is 17.7 Å². The average Bonchev–Trinajstić information content (AvgIpc) is 2.80. The molecule has 0 aliphatic heterocycles. The molecule has 4 heteroatoms. The fourth-order valence-corrected chi connectivity index (χ4v) is 4.90. The van der Waals surface area contributed by atoms with Crippen molar-refractivity contribution < 1.29 is 17.9 Å². The predicted octanol–water partition coefficient (Wildman–Crippen LogP) is 9.19. The summed E-state index contributed by atoms with van der Waals surface area (Å²) in [5.41, 5.74) is 0.880. The molecule has 2 aromatic rings. The van der Waals surface area contributed by atoms with Gasteiger partial charge in [0.2, 0.25) is 0 Å². The van der Waals surface area contributed by atoms with Crippen molar-refractivity contribution in [3.8, 4) is 16.9 Å². The first-order valence-electron chi connectivity index (χ1n) is 12.5. The van der Waals surface area contributed by atoms with Gasteiger partial charge in [-0.05, 0) is 67.2 Å². The summed E-state index contributed by atoms with van der Waals surface area (Å²) in [6, 6.07) is 7.57. The number of hydrogen-bond donors (Lipinski definition) is 0. The van der Waals surface area contributed by atoms with Crippen LogP contribution in [-0.4, -0.2) is 6.61 Å². The Morgan fingerprint density at radius 2 is 1.56 bits per heavy atom. The van der Waals surface area contributed by atoms with Crippen LogP contribution >= 0.6 is 0 Å². The van der Waals surface area contributed by atoms with Gasteiger partial charge in [-0.3, -0.25) is 0 Å². The van der Waals surface area contributed by atoms with Crippen LogP contribution in [0.1, 0.15) is 96.0 Å². The number of unbranched alkanes of at least 4 members (excludes halogenated alkanes) is 4. The second-order valence-electron chi connectivity index (χ2n) is 9.24. The van der Waals surface area contributed by atoms with Gasteiger partial charge in [-0.2, -0.15) is 0 Å². The molecule has 1 aliphatic rings. The molecule has 1 saturated carbocycles. The minimum absolute atomic E-state index is 0.0662. The fourth-order valence-electron chi connectivity index (χ4n) is 4.90. The maximum absolute atomic E-state index is 15.0. The molecule has 0 spiro atoms. The van der Waals surface area contributed by atoms with Gasteiger partial charge in [-0.1, -0.05) is 70.6 Å². The topological polar surface area (TPSA) is 9.23 Å². The van der Waals surface area contributed by atoms with Crippen molar-refractivity contribution in [2.45, 2.75) is 90.4 Å². The zero-order valence-corrected chi connectivity index (χ0v) is 19.6. The maximum Gasteiger partial charge on any atom is 0.166 e. The molecular formula is C28H37F3O. The van der Waals surface area contributed by atoms with E-state index in [1.54, 1.807) is 18.2 Å². The molecule has 0 heterocycles. The lowest BCUT2D eigenvalue weighted by Gasteiger charge is -2.29. The van der Waals surface area contributed by atoms with Crippen LogP contribution < -0.4 is 4.74 Å². The molecule has 0 unspecified atom stereocenters. The van der Waals surface area contributed by atoms with E-state index in [2.05, 4.69) is 6.92 Å². The summed E-state index contributed by atoms with van der Waals surface area (Å²) in [5.74, 6) is -1.31. The second kappa shape index (κ2) is 12.3. The SMILES string of the molecule is CCCCCCCC1CCC(c2ccc(-c3ccc(OCCC)c(F)c3)c(F)c2F)CC1. The van der Waals surface area contributed by atoms with Crippen LogP contribution in [0.25, 0.3) is 11.1 Å². The highest BCUT2D eigenvalue weighted by molar-refractivity contribution is 5.66. The summed E-state index contributed by atoms with van der Waals surface area (Å²) in [4.78, 5) is 0. The first kappa shape index (κ1) is 24.7. The Morgan fingerprint density at radius 1 is 0.812 bits per heavy atom. The van der Waals surface area contributed by atoms with Crippen LogP contribution in [0.15, 0.2) is 30.3 Å². The summed E-state index contributed by atoms with van der Waals surface area (Å²) in [7, 11) is 0. The highest BCUT2D eigenvalue weighted by Gasteiger charge is 2.26. The molecule has 0 saturated heterocycles. The maximum atomic E-state index is 15.0. The van der Waals surface area contributed by atoms with Crippen LogP contribution in [0.3, 0.4) is 0 Å². The quantitative estimate of drug-likeness (QED) is 0.313. The number of halogens is 3. The smallest absolute Gasteiger partial charge is 0.166 e. The molecular weight excluding hydrogens is 409 g/mol. The zero-order valence-electron chi connectivity index (χ0n) is 19.6. The van der Waals surface area contributed by atoms with Crippen molar-refractivity contribution in [2.75, 3.05) is 6.61 Å². The summed E-state index contributed by atoms with van der Waals surface area (Å²) in [6.07, 6.45) is 12.5. The van der Waals surface area contributed by atoms with E-state index in [0.717, 1.165) is 38.0 Å². The summed E-state index contributed by atoms with van der Waals surface area (Å²) >= 11 is 0. The molecule has 1 fully saturated rings. The van der Waals surface area contributed by atoms with Crippen LogP contribution in [0.2, 0.25) is 0 Å². The van der Waals surface area contributed by atoms with Gasteiger partial charge in [0.15, 0.2) is 23.2 Å². The Morgan fingerprint density at radius 3 is 2.25 bits per heavy atom. The van der Waals surface area contributed by atoms with Crippen molar-refractivity contribution in [3.05, 3.63) is 53.3 Å². The third kappa shape index (κ3) is 6.30. The lowest BCUT2D eigenvalue weighted by molar-refractivity contribution is 0.297. The van der Waals surface area contributed by atoms with E-state index in [1.165, 1.54) is 50.7 Å². The van der Waals surface area contributed by atoms with Gasteiger partial charge < -0.3 is 4.74 Å². The summed E-state index contributed by atoms with van der Waals surface area (Å²) in [6.45, 7) is 4.58. The molecule has 0 amide bonds. The van der Waals surface area contributed by atoms with E-state index in [9.17, 15) is 8.78 Å². The molecule has 1 nitrogen and oxygen atoms in total. The van der Waals surface area contributed by atoms with Gasteiger partial charge >= 0.3 is 0 Å². The molecule has 3 rings (SSSR count). The highest BCUT2D eigenvalue weighted by atomic mass is 19.2. The number of benzene rings is 2. The molecule has 0 bridgehead atoms. The predicted molar refractivity (Wildman–Crippen MR) is 126 cm³/mol. The number of rotatable bonds is 11. The largest absolute Gasteiger partial charge is 0.491 e. The first-order chi connectivity index (χ1) is 15.5. The molecule has 2 aromatic carbocycles.